The summed E-state index contributed by atoms with van der Waals surface area (Å²) in [5.41, 5.74) is 5.92. The van der Waals surface area contributed by atoms with Crippen molar-refractivity contribution < 1.29 is 0 Å². The maximum atomic E-state index is 5.92. The number of fused-ring (bicyclic) bond motifs is 1. The summed E-state index contributed by atoms with van der Waals surface area (Å²) in [7, 11) is 0. The van der Waals surface area contributed by atoms with Crippen molar-refractivity contribution in [1.29, 1.82) is 0 Å². The number of anilines is 1. The van der Waals surface area contributed by atoms with Crippen molar-refractivity contribution in [2.45, 2.75) is 26.3 Å². The second kappa shape index (κ2) is 4.48. The van der Waals surface area contributed by atoms with Gasteiger partial charge in [-0.1, -0.05) is 6.92 Å². The molecule has 1 aliphatic heterocycles. The molecular formula is C13H18N4S. The van der Waals surface area contributed by atoms with Gasteiger partial charge in [0, 0.05) is 24.0 Å². The summed E-state index contributed by atoms with van der Waals surface area (Å²) in [6, 6.07) is 2.59. The molecule has 0 radical (unpaired) electrons. The van der Waals surface area contributed by atoms with Gasteiger partial charge in [-0.15, -0.1) is 11.3 Å². The van der Waals surface area contributed by atoms with E-state index in [1.807, 2.05) is 0 Å². The molecule has 96 valence electrons. The molecule has 2 unspecified atom stereocenters. The standard InChI is InChI=1S/C13H18N4S/c1-8-3-4-17(11(8)6-14)12-10-5-9(2)18-13(10)16-7-15-12/h5,7-8,11H,3-4,6,14H2,1-2H3. The van der Waals surface area contributed by atoms with E-state index in [1.54, 1.807) is 17.7 Å². The van der Waals surface area contributed by atoms with Crippen LogP contribution in [0.15, 0.2) is 12.4 Å². The Labute approximate surface area is 111 Å². The van der Waals surface area contributed by atoms with Crippen LogP contribution >= 0.6 is 11.3 Å². The number of aryl methyl sites for hydroxylation is 1. The fourth-order valence-corrected chi connectivity index (χ4v) is 3.66. The molecule has 2 atom stereocenters. The predicted molar refractivity (Wildman–Crippen MR) is 76.1 cm³/mol. The van der Waals surface area contributed by atoms with Crippen molar-refractivity contribution in [3.8, 4) is 0 Å². The van der Waals surface area contributed by atoms with Crippen LogP contribution in [-0.2, 0) is 0 Å². The predicted octanol–water partition coefficient (Wildman–Crippen LogP) is 2.17. The first-order chi connectivity index (χ1) is 8.70. The zero-order valence-corrected chi connectivity index (χ0v) is 11.6. The molecule has 1 saturated heterocycles. The number of hydrogen-bond acceptors (Lipinski definition) is 5. The van der Waals surface area contributed by atoms with Crippen LogP contribution in [0.3, 0.4) is 0 Å². The van der Waals surface area contributed by atoms with Gasteiger partial charge in [0.25, 0.3) is 0 Å². The third-order valence-electron chi connectivity index (χ3n) is 3.83. The molecule has 0 aromatic carbocycles. The minimum Gasteiger partial charge on any atom is -0.351 e. The maximum absolute atomic E-state index is 5.92. The molecule has 5 heteroatoms. The first-order valence-electron chi connectivity index (χ1n) is 6.38. The lowest BCUT2D eigenvalue weighted by molar-refractivity contribution is 0.518. The average Bonchev–Trinajstić information content (AvgIpc) is 2.90. The molecule has 3 heterocycles. The number of aromatic nitrogens is 2. The van der Waals surface area contributed by atoms with Gasteiger partial charge < -0.3 is 10.6 Å². The van der Waals surface area contributed by atoms with Crippen molar-refractivity contribution >= 4 is 27.4 Å². The van der Waals surface area contributed by atoms with E-state index < -0.39 is 0 Å². The van der Waals surface area contributed by atoms with Crippen molar-refractivity contribution in [3.05, 3.63) is 17.3 Å². The van der Waals surface area contributed by atoms with Crippen LogP contribution in [-0.4, -0.2) is 29.1 Å². The van der Waals surface area contributed by atoms with Crippen molar-refractivity contribution in [2.75, 3.05) is 18.0 Å². The van der Waals surface area contributed by atoms with E-state index in [1.165, 1.54) is 16.7 Å². The summed E-state index contributed by atoms with van der Waals surface area (Å²) in [4.78, 5) is 13.6. The smallest absolute Gasteiger partial charge is 0.141 e. The molecular weight excluding hydrogens is 244 g/mol. The van der Waals surface area contributed by atoms with Crippen LogP contribution in [0.4, 0.5) is 5.82 Å². The van der Waals surface area contributed by atoms with E-state index >= 15 is 0 Å². The highest BCUT2D eigenvalue weighted by Gasteiger charge is 2.31. The van der Waals surface area contributed by atoms with Gasteiger partial charge in [-0.25, -0.2) is 9.97 Å². The van der Waals surface area contributed by atoms with Crippen LogP contribution in [0.2, 0.25) is 0 Å². The summed E-state index contributed by atoms with van der Waals surface area (Å²) in [5.74, 6) is 1.70. The summed E-state index contributed by atoms with van der Waals surface area (Å²) >= 11 is 1.73. The lowest BCUT2D eigenvalue weighted by atomic mass is 10.0. The monoisotopic (exact) mass is 262 g/mol. The number of hydrogen-bond donors (Lipinski definition) is 1. The fourth-order valence-electron chi connectivity index (χ4n) is 2.82. The first-order valence-corrected chi connectivity index (χ1v) is 7.20. The minimum absolute atomic E-state index is 0.406. The van der Waals surface area contributed by atoms with Crippen LogP contribution < -0.4 is 10.6 Å². The zero-order chi connectivity index (χ0) is 12.7. The number of nitrogens with two attached hydrogens (primary N) is 1. The number of rotatable bonds is 2. The number of nitrogens with zero attached hydrogens (tertiary/aromatic N) is 3. The Morgan fingerprint density at radius 3 is 3.11 bits per heavy atom. The second-order valence-electron chi connectivity index (χ2n) is 5.04. The SMILES string of the molecule is Cc1cc2c(N3CCC(C)C3CN)ncnc2s1. The molecule has 4 nitrogen and oxygen atoms in total. The van der Waals surface area contributed by atoms with E-state index in [0.717, 1.165) is 17.2 Å². The Morgan fingerprint density at radius 2 is 2.33 bits per heavy atom. The summed E-state index contributed by atoms with van der Waals surface area (Å²) in [6.45, 7) is 6.12. The van der Waals surface area contributed by atoms with Gasteiger partial charge in [0.15, 0.2) is 0 Å². The van der Waals surface area contributed by atoms with Gasteiger partial charge in [-0.3, -0.25) is 0 Å². The van der Waals surface area contributed by atoms with Crippen LogP contribution in [0.1, 0.15) is 18.2 Å². The topological polar surface area (TPSA) is 55.0 Å². The molecule has 1 fully saturated rings. The minimum atomic E-state index is 0.406. The van der Waals surface area contributed by atoms with Crippen LogP contribution in [0, 0.1) is 12.8 Å². The number of thiophene rings is 1. The normalized spacial score (nSPS) is 24.1. The summed E-state index contributed by atoms with van der Waals surface area (Å²) in [6.07, 6.45) is 2.86. The Hall–Kier alpha value is -1.20. The highest BCUT2D eigenvalue weighted by atomic mass is 32.1. The van der Waals surface area contributed by atoms with Crippen LogP contribution in [0.25, 0.3) is 10.2 Å². The molecule has 18 heavy (non-hydrogen) atoms. The van der Waals surface area contributed by atoms with Crippen molar-refractivity contribution in [2.24, 2.45) is 11.7 Å². The average molecular weight is 262 g/mol. The third kappa shape index (κ3) is 1.78. The highest BCUT2D eigenvalue weighted by Crippen LogP contribution is 2.34. The van der Waals surface area contributed by atoms with E-state index in [2.05, 4.69) is 34.8 Å². The lowest BCUT2D eigenvalue weighted by Crippen LogP contribution is -2.38. The fraction of sp³-hybridized carbons (Fsp3) is 0.538. The van der Waals surface area contributed by atoms with Gasteiger partial charge in [-0.2, -0.15) is 0 Å². The maximum Gasteiger partial charge on any atom is 0.141 e. The molecule has 0 aliphatic carbocycles. The van der Waals surface area contributed by atoms with Gasteiger partial charge in [0.1, 0.15) is 17.0 Å². The first kappa shape index (κ1) is 11.9. The molecule has 0 bridgehead atoms. The Morgan fingerprint density at radius 1 is 1.50 bits per heavy atom. The molecule has 2 N–H and O–H groups in total. The Kier molecular flexibility index (Phi) is 2.95. The van der Waals surface area contributed by atoms with Gasteiger partial charge >= 0.3 is 0 Å². The molecule has 3 rings (SSSR count). The quantitative estimate of drug-likeness (QED) is 0.901. The van der Waals surface area contributed by atoms with E-state index in [4.69, 9.17) is 5.73 Å². The summed E-state index contributed by atoms with van der Waals surface area (Å²) < 4.78 is 0. The van der Waals surface area contributed by atoms with Crippen LogP contribution in [0.5, 0.6) is 0 Å². The molecule has 1 aliphatic rings. The molecule has 2 aromatic rings. The molecule has 0 saturated carbocycles. The molecule has 0 amide bonds. The Balaban J connectivity index is 2.08. The Bertz CT molecular complexity index is 565. The van der Waals surface area contributed by atoms with Crippen molar-refractivity contribution in [3.63, 3.8) is 0 Å². The molecule has 0 spiro atoms. The largest absolute Gasteiger partial charge is 0.351 e. The van der Waals surface area contributed by atoms with Crippen molar-refractivity contribution in [1.82, 2.24) is 9.97 Å². The zero-order valence-electron chi connectivity index (χ0n) is 10.8. The highest BCUT2D eigenvalue weighted by molar-refractivity contribution is 7.18. The van der Waals surface area contributed by atoms with E-state index in [9.17, 15) is 0 Å². The van der Waals surface area contributed by atoms with E-state index in [0.29, 0.717) is 18.5 Å². The lowest BCUT2D eigenvalue weighted by Gasteiger charge is -2.27. The summed E-state index contributed by atoms with van der Waals surface area (Å²) in [5, 5.41) is 1.17. The molecule has 2 aromatic heterocycles. The van der Waals surface area contributed by atoms with E-state index in [-0.39, 0.29) is 0 Å². The second-order valence-corrected chi connectivity index (χ2v) is 6.27. The van der Waals surface area contributed by atoms with Gasteiger partial charge in [0.05, 0.1) is 5.39 Å². The van der Waals surface area contributed by atoms with Gasteiger partial charge in [-0.05, 0) is 25.3 Å². The van der Waals surface area contributed by atoms with Gasteiger partial charge in [0.2, 0.25) is 0 Å². The third-order valence-corrected chi connectivity index (χ3v) is 4.79.